The molecule has 0 aliphatic rings. The lowest BCUT2D eigenvalue weighted by molar-refractivity contribution is -0.115. The van der Waals surface area contributed by atoms with E-state index >= 15 is 0 Å². The number of nitrogens with one attached hydrogen (secondary N) is 1. The van der Waals surface area contributed by atoms with Crippen LogP contribution in [0, 0.1) is 0 Å². The van der Waals surface area contributed by atoms with Gasteiger partial charge in [-0.05, 0) is 18.2 Å². The van der Waals surface area contributed by atoms with Gasteiger partial charge in [-0.1, -0.05) is 29.8 Å². The van der Waals surface area contributed by atoms with E-state index in [1.54, 1.807) is 32.4 Å². The monoisotopic (exact) mass is 305 g/mol. The molecule has 0 unspecified atom stereocenters. The van der Waals surface area contributed by atoms with Crippen molar-refractivity contribution in [1.29, 1.82) is 0 Å². The number of anilines is 1. The third kappa shape index (κ3) is 3.89. The maximum absolute atomic E-state index is 12.1. The topological polar surface area (TPSA) is 47.6 Å². The minimum Gasteiger partial charge on any atom is -0.497 e. The van der Waals surface area contributed by atoms with E-state index in [0.29, 0.717) is 22.2 Å². The number of methoxy groups -OCH3 is 2. The standard InChI is InChI=1S/C16H16ClNO3/c1-20-12-7-8-14(13(17)10-12)18-16(19)9-11-5-3-4-6-15(11)21-2/h3-8,10H,9H2,1-2H3,(H,18,19). The second-order valence-electron chi connectivity index (χ2n) is 4.38. The van der Waals surface area contributed by atoms with Gasteiger partial charge in [-0.15, -0.1) is 0 Å². The fourth-order valence-electron chi connectivity index (χ4n) is 1.94. The Hall–Kier alpha value is -2.20. The molecule has 1 N–H and O–H groups in total. The van der Waals surface area contributed by atoms with Crippen molar-refractivity contribution in [3.05, 3.63) is 53.1 Å². The van der Waals surface area contributed by atoms with Crippen LogP contribution in [0.2, 0.25) is 5.02 Å². The number of carbonyl (C=O) groups is 1. The molecule has 2 aromatic carbocycles. The molecule has 1 amide bonds. The first-order chi connectivity index (χ1) is 10.1. The lowest BCUT2D eigenvalue weighted by atomic mass is 10.1. The molecule has 0 atom stereocenters. The molecule has 0 fully saturated rings. The van der Waals surface area contributed by atoms with Crippen LogP contribution in [0.4, 0.5) is 5.69 Å². The van der Waals surface area contributed by atoms with Crippen molar-refractivity contribution in [2.24, 2.45) is 0 Å². The van der Waals surface area contributed by atoms with E-state index in [2.05, 4.69) is 5.32 Å². The fraction of sp³-hybridized carbons (Fsp3) is 0.188. The van der Waals surface area contributed by atoms with Gasteiger partial charge >= 0.3 is 0 Å². The maximum Gasteiger partial charge on any atom is 0.228 e. The summed E-state index contributed by atoms with van der Waals surface area (Å²) in [6, 6.07) is 12.5. The van der Waals surface area contributed by atoms with E-state index in [-0.39, 0.29) is 12.3 Å². The molecular formula is C16H16ClNO3. The number of benzene rings is 2. The van der Waals surface area contributed by atoms with Crippen LogP contribution in [0.3, 0.4) is 0 Å². The smallest absolute Gasteiger partial charge is 0.228 e. The summed E-state index contributed by atoms with van der Waals surface area (Å²) in [6.45, 7) is 0. The summed E-state index contributed by atoms with van der Waals surface area (Å²) in [6.07, 6.45) is 0.215. The van der Waals surface area contributed by atoms with Crippen LogP contribution in [0.5, 0.6) is 11.5 Å². The quantitative estimate of drug-likeness (QED) is 0.919. The number of hydrogen-bond acceptors (Lipinski definition) is 3. The third-order valence-corrected chi connectivity index (χ3v) is 3.31. The third-order valence-electron chi connectivity index (χ3n) is 2.99. The molecule has 2 rings (SSSR count). The second-order valence-corrected chi connectivity index (χ2v) is 4.79. The molecule has 0 heterocycles. The van der Waals surface area contributed by atoms with Crippen molar-refractivity contribution in [3.8, 4) is 11.5 Å². The summed E-state index contributed by atoms with van der Waals surface area (Å²) in [5, 5.41) is 3.21. The SMILES string of the molecule is COc1ccc(NC(=O)Cc2ccccc2OC)c(Cl)c1. The van der Waals surface area contributed by atoms with E-state index in [1.807, 2.05) is 24.3 Å². The summed E-state index contributed by atoms with van der Waals surface area (Å²) in [5.41, 5.74) is 1.37. The molecule has 0 spiro atoms. The van der Waals surface area contributed by atoms with Crippen LogP contribution >= 0.6 is 11.6 Å². The van der Waals surface area contributed by atoms with Crippen LogP contribution in [0.25, 0.3) is 0 Å². The lowest BCUT2D eigenvalue weighted by Crippen LogP contribution is -2.15. The van der Waals surface area contributed by atoms with Gasteiger partial charge in [-0.2, -0.15) is 0 Å². The Morgan fingerprint density at radius 2 is 1.90 bits per heavy atom. The molecule has 0 radical (unpaired) electrons. The van der Waals surface area contributed by atoms with Gasteiger partial charge in [-0.3, -0.25) is 4.79 Å². The Balaban J connectivity index is 2.08. The summed E-state index contributed by atoms with van der Waals surface area (Å²) in [4.78, 5) is 12.1. The molecule has 110 valence electrons. The van der Waals surface area contributed by atoms with E-state index in [9.17, 15) is 4.79 Å². The maximum atomic E-state index is 12.1. The number of halogens is 1. The van der Waals surface area contributed by atoms with Gasteiger partial charge in [-0.25, -0.2) is 0 Å². The molecule has 0 aliphatic heterocycles. The minimum atomic E-state index is -0.161. The Kier molecular flexibility index (Phi) is 5.06. The Morgan fingerprint density at radius 1 is 1.14 bits per heavy atom. The largest absolute Gasteiger partial charge is 0.497 e. The number of amides is 1. The molecule has 5 heteroatoms. The van der Waals surface area contributed by atoms with Crippen molar-refractivity contribution in [2.45, 2.75) is 6.42 Å². The molecule has 0 aromatic heterocycles. The highest BCUT2D eigenvalue weighted by atomic mass is 35.5. The zero-order valence-corrected chi connectivity index (χ0v) is 12.6. The van der Waals surface area contributed by atoms with Gasteiger partial charge in [0.15, 0.2) is 0 Å². The predicted molar refractivity (Wildman–Crippen MR) is 83.3 cm³/mol. The number of carbonyl (C=O) groups excluding carboxylic acids is 1. The first kappa shape index (κ1) is 15.2. The van der Waals surface area contributed by atoms with Crippen molar-refractivity contribution in [1.82, 2.24) is 0 Å². The Bertz CT molecular complexity index is 643. The highest BCUT2D eigenvalue weighted by molar-refractivity contribution is 6.33. The predicted octanol–water partition coefficient (Wildman–Crippen LogP) is 3.54. The van der Waals surface area contributed by atoms with Crippen molar-refractivity contribution in [3.63, 3.8) is 0 Å². The molecular weight excluding hydrogens is 290 g/mol. The highest BCUT2D eigenvalue weighted by Gasteiger charge is 2.10. The molecule has 0 aliphatic carbocycles. The van der Waals surface area contributed by atoms with E-state index < -0.39 is 0 Å². The average molecular weight is 306 g/mol. The molecule has 0 saturated heterocycles. The first-order valence-electron chi connectivity index (χ1n) is 6.39. The van der Waals surface area contributed by atoms with Crippen molar-refractivity contribution in [2.75, 3.05) is 19.5 Å². The van der Waals surface area contributed by atoms with Gasteiger partial charge in [0.25, 0.3) is 0 Å². The normalized spacial score (nSPS) is 10.0. The molecule has 0 bridgehead atoms. The highest BCUT2D eigenvalue weighted by Crippen LogP contribution is 2.27. The van der Waals surface area contributed by atoms with Crippen LogP contribution in [0.15, 0.2) is 42.5 Å². The Morgan fingerprint density at radius 3 is 2.57 bits per heavy atom. The van der Waals surface area contributed by atoms with Gasteiger partial charge in [0.05, 0.1) is 31.4 Å². The van der Waals surface area contributed by atoms with Crippen LogP contribution in [-0.4, -0.2) is 20.1 Å². The number of para-hydroxylation sites is 1. The van der Waals surface area contributed by atoms with Crippen LogP contribution in [0.1, 0.15) is 5.56 Å². The van der Waals surface area contributed by atoms with Crippen molar-refractivity contribution < 1.29 is 14.3 Å². The van der Waals surface area contributed by atoms with Gasteiger partial charge < -0.3 is 14.8 Å². The van der Waals surface area contributed by atoms with Crippen molar-refractivity contribution >= 4 is 23.2 Å². The van der Waals surface area contributed by atoms with Gasteiger partial charge in [0.2, 0.25) is 5.91 Å². The summed E-state index contributed by atoms with van der Waals surface area (Å²) in [5.74, 6) is 1.17. The zero-order valence-electron chi connectivity index (χ0n) is 11.9. The van der Waals surface area contributed by atoms with Crippen LogP contribution < -0.4 is 14.8 Å². The summed E-state index contributed by atoms with van der Waals surface area (Å²) in [7, 11) is 3.14. The molecule has 4 nitrogen and oxygen atoms in total. The minimum absolute atomic E-state index is 0.161. The van der Waals surface area contributed by atoms with E-state index in [1.165, 1.54) is 0 Å². The molecule has 21 heavy (non-hydrogen) atoms. The lowest BCUT2D eigenvalue weighted by Gasteiger charge is -2.10. The zero-order chi connectivity index (χ0) is 15.2. The molecule has 2 aromatic rings. The van der Waals surface area contributed by atoms with E-state index in [0.717, 1.165) is 5.56 Å². The number of ether oxygens (including phenoxy) is 2. The summed E-state index contributed by atoms with van der Waals surface area (Å²) >= 11 is 6.09. The fourth-order valence-corrected chi connectivity index (χ4v) is 2.16. The summed E-state index contributed by atoms with van der Waals surface area (Å²) < 4.78 is 10.3. The average Bonchev–Trinajstić information content (AvgIpc) is 2.49. The van der Waals surface area contributed by atoms with Crippen LogP contribution in [-0.2, 0) is 11.2 Å². The Labute approximate surface area is 128 Å². The number of rotatable bonds is 5. The first-order valence-corrected chi connectivity index (χ1v) is 6.77. The molecule has 0 saturated carbocycles. The van der Waals surface area contributed by atoms with Gasteiger partial charge in [0, 0.05) is 11.6 Å². The second kappa shape index (κ2) is 6.99. The number of hydrogen-bond donors (Lipinski definition) is 1. The van der Waals surface area contributed by atoms with E-state index in [4.69, 9.17) is 21.1 Å². The van der Waals surface area contributed by atoms with Gasteiger partial charge in [0.1, 0.15) is 11.5 Å².